The lowest BCUT2D eigenvalue weighted by Gasteiger charge is -2.14. The molecule has 1 saturated carbocycles. The molecule has 112 valence electrons. The average Bonchev–Trinajstić information content (AvgIpc) is 3.17. The molecule has 0 spiro atoms. The van der Waals surface area contributed by atoms with E-state index in [0.717, 1.165) is 22.7 Å². The van der Waals surface area contributed by atoms with Gasteiger partial charge >= 0.3 is 0 Å². The molecule has 5 heteroatoms. The molecule has 1 fully saturated rings. The predicted octanol–water partition coefficient (Wildman–Crippen LogP) is 4.40. The molecule has 0 bridgehead atoms. The van der Waals surface area contributed by atoms with Crippen molar-refractivity contribution >= 4 is 23.1 Å². The van der Waals surface area contributed by atoms with Crippen molar-refractivity contribution in [3.8, 4) is 11.3 Å². The first-order valence-electron chi connectivity index (χ1n) is 7.66. The Labute approximate surface area is 134 Å². The molecule has 1 aliphatic rings. The topological polar surface area (TPSA) is 42.2 Å². The molecule has 4 rings (SSSR count). The van der Waals surface area contributed by atoms with E-state index in [1.54, 1.807) is 12.4 Å². The summed E-state index contributed by atoms with van der Waals surface area (Å²) in [6.07, 6.45) is 10.5. The molecule has 1 aliphatic carbocycles. The van der Waals surface area contributed by atoms with E-state index in [-0.39, 0.29) is 0 Å². The molecule has 3 aromatic heterocycles. The number of imidazole rings is 1. The second-order valence-electron chi connectivity index (χ2n) is 5.75. The van der Waals surface area contributed by atoms with Gasteiger partial charge in [-0.3, -0.25) is 9.38 Å². The third-order valence-corrected chi connectivity index (χ3v) is 4.46. The van der Waals surface area contributed by atoms with E-state index < -0.39 is 0 Å². The molecule has 22 heavy (non-hydrogen) atoms. The van der Waals surface area contributed by atoms with Crippen LogP contribution in [-0.4, -0.2) is 20.4 Å². The maximum Gasteiger partial charge on any atom is 0.139 e. The summed E-state index contributed by atoms with van der Waals surface area (Å²) in [5.41, 5.74) is 2.92. The second-order valence-corrected chi connectivity index (χ2v) is 6.18. The molecule has 3 heterocycles. The highest BCUT2D eigenvalue weighted by atomic mass is 35.5. The SMILES string of the molecule is Clc1ccc2nc(-c3ccncc3)c(NC3CCCC3)n2c1. The second kappa shape index (κ2) is 5.61. The Hall–Kier alpha value is -2.07. The summed E-state index contributed by atoms with van der Waals surface area (Å²) in [4.78, 5) is 8.88. The highest BCUT2D eigenvalue weighted by Crippen LogP contribution is 2.32. The van der Waals surface area contributed by atoms with Crippen LogP contribution >= 0.6 is 11.6 Å². The first-order valence-corrected chi connectivity index (χ1v) is 8.03. The van der Waals surface area contributed by atoms with Gasteiger partial charge in [0.05, 0.1) is 5.02 Å². The number of hydrogen-bond donors (Lipinski definition) is 1. The Kier molecular flexibility index (Phi) is 3.47. The maximum absolute atomic E-state index is 6.18. The zero-order valence-corrected chi connectivity index (χ0v) is 12.9. The van der Waals surface area contributed by atoms with E-state index in [2.05, 4.69) is 14.7 Å². The number of rotatable bonds is 3. The third kappa shape index (κ3) is 2.44. The Morgan fingerprint density at radius 3 is 2.64 bits per heavy atom. The number of fused-ring (bicyclic) bond motifs is 1. The minimum absolute atomic E-state index is 0.513. The summed E-state index contributed by atoms with van der Waals surface area (Å²) in [5.74, 6) is 1.02. The van der Waals surface area contributed by atoms with Gasteiger partial charge in [-0.2, -0.15) is 0 Å². The number of nitrogens with zero attached hydrogens (tertiary/aromatic N) is 3. The number of pyridine rings is 2. The van der Waals surface area contributed by atoms with Crippen molar-refractivity contribution in [3.05, 3.63) is 47.9 Å². The Morgan fingerprint density at radius 2 is 1.86 bits per heavy atom. The summed E-state index contributed by atoms with van der Waals surface area (Å²) in [7, 11) is 0. The number of aromatic nitrogens is 3. The van der Waals surface area contributed by atoms with Crippen molar-refractivity contribution in [3.63, 3.8) is 0 Å². The molecule has 0 saturated heterocycles. The summed E-state index contributed by atoms with van der Waals surface area (Å²) < 4.78 is 2.05. The van der Waals surface area contributed by atoms with Crippen LogP contribution in [0.5, 0.6) is 0 Å². The van der Waals surface area contributed by atoms with Crippen LogP contribution < -0.4 is 5.32 Å². The van der Waals surface area contributed by atoms with Gasteiger partial charge in [-0.05, 0) is 37.1 Å². The van der Waals surface area contributed by atoms with Crippen LogP contribution in [0.4, 0.5) is 5.82 Å². The van der Waals surface area contributed by atoms with Gasteiger partial charge in [0.2, 0.25) is 0 Å². The van der Waals surface area contributed by atoms with Crippen LogP contribution in [0, 0.1) is 0 Å². The van der Waals surface area contributed by atoms with Gasteiger partial charge in [-0.15, -0.1) is 0 Å². The van der Waals surface area contributed by atoms with E-state index in [1.807, 2.05) is 30.5 Å². The summed E-state index contributed by atoms with van der Waals surface area (Å²) >= 11 is 6.18. The molecule has 0 aliphatic heterocycles. The Morgan fingerprint density at radius 1 is 1.09 bits per heavy atom. The number of anilines is 1. The lowest BCUT2D eigenvalue weighted by molar-refractivity contribution is 0.749. The lowest BCUT2D eigenvalue weighted by atomic mass is 10.2. The molecule has 0 amide bonds. The summed E-state index contributed by atoms with van der Waals surface area (Å²) in [6, 6.07) is 8.32. The predicted molar refractivity (Wildman–Crippen MR) is 89.3 cm³/mol. The highest BCUT2D eigenvalue weighted by Gasteiger charge is 2.20. The summed E-state index contributed by atoms with van der Waals surface area (Å²) in [6.45, 7) is 0. The minimum Gasteiger partial charge on any atom is -0.367 e. The molecule has 0 radical (unpaired) electrons. The van der Waals surface area contributed by atoms with Crippen LogP contribution in [0.2, 0.25) is 5.02 Å². The zero-order valence-electron chi connectivity index (χ0n) is 12.2. The molecule has 3 aromatic rings. The van der Waals surface area contributed by atoms with Gasteiger partial charge in [-0.1, -0.05) is 24.4 Å². The van der Waals surface area contributed by atoms with Crippen molar-refractivity contribution in [1.82, 2.24) is 14.4 Å². The molecule has 0 unspecified atom stereocenters. The largest absolute Gasteiger partial charge is 0.367 e. The zero-order chi connectivity index (χ0) is 14.9. The fourth-order valence-corrected chi connectivity index (χ4v) is 3.29. The molecule has 0 atom stereocenters. The van der Waals surface area contributed by atoms with Gasteiger partial charge in [0.15, 0.2) is 0 Å². The van der Waals surface area contributed by atoms with Gasteiger partial charge in [0, 0.05) is 30.2 Å². The standard InChI is InChI=1S/C17H17ClN4/c18-13-5-6-15-21-16(12-7-9-19-10-8-12)17(22(15)11-13)20-14-3-1-2-4-14/h5-11,14,20H,1-4H2. The first kappa shape index (κ1) is 13.6. The smallest absolute Gasteiger partial charge is 0.139 e. The van der Waals surface area contributed by atoms with Gasteiger partial charge < -0.3 is 5.32 Å². The third-order valence-electron chi connectivity index (χ3n) is 4.23. The van der Waals surface area contributed by atoms with Crippen LogP contribution in [0.15, 0.2) is 42.9 Å². The molecular formula is C17H17ClN4. The first-order chi connectivity index (χ1) is 10.8. The van der Waals surface area contributed by atoms with Gasteiger partial charge in [0.1, 0.15) is 17.2 Å². The van der Waals surface area contributed by atoms with Crippen molar-refractivity contribution in [1.29, 1.82) is 0 Å². The fraction of sp³-hybridized carbons (Fsp3) is 0.294. The number of hydrogen-bond acceptors (Lipinski definition) is 3. The van der Waals surface area contributed by atoms with Crippen molar-refractivity contribution in [2.24, 2.45) is 0 Å². The molecule has 4 nitrogen and oxygen atoms in total. The van der Waals surface area contributed by atoms with E-state index in [1.165, 1.54) is 25.7 Å². The van der Waals surface area contributed by atoms with Crippen molar-refractivity contribution in [2.45, 2.75) is 31.7 Å². The van der Waals surface area contributed by atoms with E-state index in [4.69, 9.17) is 16.6 Å². The van der Waals surface area contributed by atoms with Crippen LogP contribution in [0.25, 0.3) is 16.9 Å². The van der Waals surface area contributed by atoms with Crippen molar-refractivity contribution in [2.75, 3.05) is 5.32 Å². The average molecular weight is 313 g/mol. The molecular weight excluding hydrogens is 296 g/mol. The fourth-order valence-electron chi connectivity index (χ4n) is 3.13. The minimum atomic E-state index is 0.513. The van der Waals surface area contributed by atoms with Crippen LogP contribution in [0.1, 0.15) is 25.7 Å². The Bertz CT molecular complexity index is 791. The summed E-state index contributed by atoms with van der Waals surface area (Å²) in [5, 5.41) is 4.39. The highest BCUT2D eigenvalue weighted by molar-refractivity contribution is 6.30. The van der Waals surface area contributed by atoms with Crippen LogP contribution in [0.3, 0.4) is 0 Å². The van der Waals surface area contributed by atoms with Gasteiger partial charge in [-0.25, -0.2) is 4.98 Å². The monoisotopic (exact) mass is 312 g/mol. The van der Waals surface area contributed by atoms with E-state index in [0.29, 0.717) is 11.1 Å². The van der Waals surface area contributed by atoms with E-state index >= 15 is 0 Å². The number of halogens is 1. The number of nitrogens with one attached hydrogen (secondary N) is 1. The quantitative estimate of drug-likeness (QED) is 0.779. The van der Waals surface area contributed by atoms with E-state index in [9.17, 15) is 0 Å². The van der Waals surface area contributed by atoms with Crippen molar-refractivity contribution < 1.29 is 0 Å². The lowest BCUT2D eigenvalue weighted by Crippen LogP contribution is -2.16. The molecule has 0 aromatic carbocycles. The Balaban J connectivity index is 1.86. The van der Waals surface area contributed by atoms with Crippen LogP contribution in [-0.2, 0) is 0 Å². The normalized spacial score (nSPS) is 15.5. The maximum atomic E-state index is 6.18. The van der Waals surface area contributed by atoms with Gasteiger partial charge in [0.25, 0.3) is 0 Å². The molecule has 1 N–H and O–H groups in total.